The monoisotopic (exact) mass is 495 g/mol. The molecule has 9 heteroatoms. The summed E-state index contributed by atoms with van der Waals surface area (Å²) in [4.78, 5) is 24.9. The molecule has 0 fully saturated rings. The number of fused-ring (bicyclic) bond motifs is 1. The van der Waals surface area contributed by atoms with E-state index in [4.69, 9.17) is 0 Å². The molecule has 1 aromatic heterocycles. The molecule has 0 aliphatic heterocycles. The van der Waals surface area contributed by atoms with Crippen molar-refractivity contribution in [1.29, 1.82) is 0 Å². The first-order valence-electron chi connectivity index (χ1n) is 10.7. The van der Waals surface area contributed by atoms with Gasteiger partial charge in [-0.25, -0.2) is 8.42 Å². The number of anilines is 2. The summed E-state index contributed by atoms with van der Waals surface area (Å²) >= 11 is 1.09. The molecule has 7 nitrogen and oxygen atoms in total. The fraction of sp³-hybridized carbons (Fsp3) is 0.200. The molecule has 0 radical (unpaired) electrons. The van der Waals surface area contributed by atoms with Gasteiger partial charge in [0, 0.05) is 12.7 Å². The van der Waals surface area contributed by atoms with E-state index < -0.39 is 22.5 Å². The first-order chi connectivity index (χ1) is 16.2. The predicted molar refractivity (Wildman–Crippen MR) is 137 cm³/mol. The Morgan fingerprint density at radius 2 is 1.71 bits per heavy atom. The van der Waals surface area contributed by atoms with Crippen LogP contribution in [-0.2, 0) is 21.9 Å². The Bertz CT molecular complexity index is 1490. The van der Waals surface area contributed by atoms with Crippen molar-refractivity contribution in [2.24, 2.45) is 7.05 Å². The van der Waals surface area contributed by atoms with Crippen LogP contribution in [0.5, 0.6) is 0 Å². The molecule has 176 valence electrons. The number of amides is 1. The zero-order valence-corrected chi connectivity index (χ0v) is 20.7. The summed E-state index contributed by atoms with van der Waals surface area (Å²) in [6.07, 6.45) is 0. The zero-order valence-electron chi connectivity index (χ0n) is 19.1. The molecular weight excluding hydrogens is 470 g/mol. The van der Waals surface area contributed by atoms with E-state index in [-0.39, 0.29) is 9.77 Å². The molecule has 0 aliphatic carbocycles. The molecule has 1 amide bonds. The summed E-state index contributed by atoms with van der Waals surface area (Å²) in [5.41, 5.74) is 2.73. The third-order valence-electron chi connectivity index (χ3n) is 5.54. The molecule has 0 spiro atoms. The number of aryl methyl sites for hydroxylation is 1. The van der Waals surface area contributed by atoms with Gasteiger partial charge in [-0.15, -0.1) is 0 Å². The average Bonchev–Trinajstić information content (AvgIpc) is 3.10. The zero-order chi connectivity index (χ0) is 24.5. The van der Waals surface area contributed by atoms with Crippen LogP contribution in [0.4, 0.5) is 11.4 Å². The number of nitrogens with one attached hydrogen (secondary N) is 1. The van der Waals surface area contributed by atoms with Crippen LogP contribution in [0.2, 0.25) is 0 Å². The molecule has 4 aromatic rings. The molecule has 0 bridgehead atoms. The number of carbonyl (C=O) groups is 1. The Balaban J connectivity index is 1.65. The maximum absolute atomic E-state index is 13.5. The van der Waals surface area contributed by atoms with Crippen molar-refractivity contribution in [2.75, 3.05) is 16.2 Å². The van der Waals surface area contributed by atoms with Gasteiger partial charge in [0.15, 0.2) is 0 Å². The second-order valence-electron chi connectivity index (χ2n) is 8.23. The number of carbonyl (C=O) groups excluding carboxylic acids is 1. The Labute approximate surface area is 202 Å². The van der Waals surface area contributed by atoms with E-state index in [1.165, 1.54) is 12.1 Å². The number of thiazole rings is 1. The highest BCUT2D eigenvalue weighted by Gasteiger charge is 2.27. The van der Waals surface area contributed by atoms with Crippen LogP contribution in [0.15, 0.2) is 82.5 Å². The van der Waals surface area contributed by atoms with E-state index in [1.54, 1.807) is 60.1 Å². The quantitative estimate of drug-likeness (QED) is 0.407. The van der Waals surface area contributed by atoms with Gasteiger partial charge in [-0.3, -0.25) is 13.9 Å². The van der Waals surface area contributed by atoms with E-state index in [2.05, 4.69) is 19.2 Å². The van der Waals surface area contributed by atoms with Gasteiger partial charge in [0.25, 0.3) is 10.0 Å². The maximum atomic E-state index is 13.5. The smallest absolute Gasteiger partial charge is 0.307 e. The third-order valence-corrected chi connectivity index (χ3v) is 8.33. The highest BCUT2D eigenvalue weighted by atomic mass is 32.2. The Morgan fingerprint density at radius 1 is 1.03 bits per heavy atom. The molecule has 34 heavy (non-hydrogen) atoms. The van der Waals surface area contributed by atoms with Crippen LogP contribution in [-0.4, -0.2) is 25.4 Å². The molecular formula is C25H25N3O4S2. The van der Waals surface area contributed by atoms with Crippen LogP contribution in [0.1, 0.15) is 25.3 Å². The summed E-state index contributed by atoms with van der Waals surface area (Å²) in [7, 11) is -2.29. The largest absolute Gasteiger partial charge is 0.324 e. The minimum Gasteiger partial charge on any atom is -0.324 e. The fourth-order valence-corrected chi connectivity index (χ4v) is 5.96. The summed E-state index contributed by atoms with van der Waals surface area (Å²) in [5, 5.41) is 2.77. The highest BCUT2D eigenvalue weighted by Crippen LogP contribution is 2.26. The van der Waals surface area contributed by atoms with Crippen LogP contribution < -0.4 is 14.5 Å². The van der Waals surface area contributed by atoms with Gasteiger partial charge in [0.1, 0.15) is 6.54 Å². The maximum Gasteiger partial charge on any atom is 0.307 e. The molecule has 0 saturated heterocycles. The standard InChI is InChI=1S/C25H25N3O4S2/c1-17(2)18-9-12-20(13-10-18)28(34(31,32)21-7-5-4-6-8-21)16-24(29)26-19-11-14-22-23(15-19)33-25(30)27(22)3/h4-15,17H,16H2,1-3H3,(H,26,29). The number of aromatic nitrogens is 1. The minimum atomic E-state index is -3.98. The summed E-state index contributed by atoms with van der Waals surface area (Å²) in [5.74, 6) is -0.199. The first kappa shape index (κ1) is 23.7. The number of benzene rings is 3. The van der Waals surface area contributed by atoms with Crippen LogP contribution in [0.3, 0.4) is 0 Å². The lowest BCUT2D eigenvalue weighted by molar-refractivity contribution is -0.114. The normalized spacial score (nSPS) is 11.6. The third kappa shape index (κ3) is 4.76. The molecule has 0 saturated carbocycles. The number of hydrogen-bond donors (Lipinski definition) is 1. The molecule has 1 heterocycles. The van der Waals surface area contributed by atoms with Gasteiger partial charge < -0.3 is 9.88 Å². The van der Waals surface area contributed by atoms with Crippen molar-refractivity contribution in [2.45, 2.75) is 24.7 Å². The van der Waals surface area contributed by atoms with Gasteiger partial charge in [-0.2, -0.15) is 0 Å². The van der Waals surface area contributed by atoms with Gasteiger partial charge in [0.2, 0.25) is 5.91 Å². The molecule has 0 unspecified atom stereocenters. The Hall–Kier alpha value is -3.43. The van der Waals surface area contributed by atoms with Crippen molar-refractivity contribution < 1.29 is 13.2 Å². The van der Waals surface area contributed by atoms with Gasteiger partial charge in [0.05, 0.1) is 20.8 Å². The Kier molecular flexibility index (Phi) is 6.58. The average molecular weight is 496 g/mol. The minimum absolute atomic E-state index is 0.0940. The molecule has 0 atom stereocenters. The van der Waals surface area contributed by atoms with Gasteiger partial charge in [-0.1, -0.05) is 55.5 Å². The summed E-state index contributed by atoms with van der Waals surface area (Å²) in [6.45, 7) is 3.71. The number of sulfonamides is 1. The van der Waals surface area contributed by atoms with Crippen molar-refractivity contribution >= 4 is 48.9 Å². The Morgan fingerprint density at radius 3 is 2.35 bits per heavy atom. The van der Waals surface area contributed by atoms with E-state index in [1.807, 2.05) is 12.1 Å². The lowest BCUT2D eigenvalue weighted by atomic mass is 10.0. The van der Waals surface area contributed by atoms with Gasteiger partial charge in [-0.05, 0) is 53.9 Å². The second kappa shape index (κ2) is 9.44. The van der Waals surface area contributed by atoms with E-state index >= 15 is 0 Å². The number of nitrogens with zero attached hydrogens (tertiary/aromatic N) is 2. The van der Waals surface area contributed by atoms with Crippen molar-refractivity contribution in [1.82, 2.24) is 4.57 Å². The number of rotatable bonds is 7. The lowest BCUT2D eigenvalue weighted by Crippen LogP contribution is -2.38. The SMILES string of the molecule is CC(C)c1ccc(N(CC(=O)Nc2ccc3c(c2)sc(=O)n3C)S(=O)(=O)c2ccccc2)cc1. The highest BCUT2D eigenvalue weighted by molar-refractivity contribution is 7.92. The van der Waals surface area contributed by atoms with Crippen LogP contribution in [0, 0.1) is 0 Å². The predicted octanol–water partition coefficient (Wildman–Crippen LogP) is 4.56. The summed E-state index contributed by atoms with van der Waals surface area (Å²) < 4.78 is 30.3. The summed E-state index contributed by atoms with van der Waals surface area (Å²) in [6, 6.07) is 20.4. The van der Waals surface area contributed by atoms with E-state index in [0.29, 0.717) is 17.3 Å². The van der Waals surface area contributed by atoms with E-state index in [9.17, 15) is 18.0 Å². The topological polar surface area (TPSA) is 88.5 Å². The van der Waals surface area contributed by atoms with Crippen LogP contribution >= 0.6 is 11.3 Å². The molecule has 0 aliphatic rings. The number of hydrogen-bond acceptors (Lipinski definition) is 5. The van der Waals surface area contributed by atoms with Crippen molar-refractivity contribution in [3.05, 3.63) is 88.0 Å². The van der Waals surface area contributed by atoms with Crippen molar-refractivity contribution in [3.63, 3.8) is 0 Å². The molecule has 3 aromatic carbocycles. The lowest BCUT2D eigenvalue weighted by Gasteiger charge is -2.24. The first-order valence-corrected chi connectivity index (χ1v) is 13.0. The molecule has 4 rings (SSSR count). The molecule has 1 N–H and O–H groups in total. The van der Waals surface area contributed by atoms with Crippen molar-refractivity contribution in [3.8, 4) is 0 Å². The van der Waals surface area contributed by atoms with Crippen LogP contribution in [0.25, 0.3) is 10.2 Å². The van der Waals surface area contributed by atoms with Gasteiger partial charge >= 0.3 is 4.87 Å². The fourth-order valence-electron chi connectivity index (χ4n) is 3.60. The second-order valence-corrected chi connectivity index (χ2v) is 11.1. The van der Waals surface area contributed by atoms with E-state index in [0.717, 1.165) is 31.4 Å².